The van der Waals surface area contributed by atoms with Crippen LogP contribution in [0.3, 0.4) is 0 Å². The zero-order valence-corrected chi connectivity index (χ0v) is 20.1. The molecule has 0 saturated carbocycles. The van der Waals surface area contributed by atoms with Crippen molar-refractivity contribution < 1.29 is 9.59 Å². The van der Waals surface area contributed by atoms with Crippen molar-refractivity contribution in [2.24, 2.45) is 5.10 Å². The van der Waals surface area contributed by atoms with E-state index in [0.717, 1.165) is 21.3 Å². The van der Waals surface area contributed by atoms with E-state index in [1.165, 1.54) is 12.3 Å². The van der Waals surface area contributed by atoms with Gasteiger partial charge in [-0.25, -0.2) is 10.1 Å². The molecule has 4 aromatic rings. The van der Waals surface area contributed by atoms with Crippen molar-refractivity contribution in [2.75, 3.05) is 6.54 Å². The van der Waals surface area contributed by atoms with Crippen molar-refractivity contribution >= 4 is 45.6 Å². The van der Waals surface area contributed by atoms with Crippen LogP contribution in [0.4, 0.5) is 0 Å². The smallest absolute Gasteiger partial charge is 0.259 e. The minimum absolute atomic E-state index is 0.231. The van der Waals surface area contributed by atoms with E-state index in [9.17, 15) is 9.59 Å². The first-order chi connectivity index (χ1) is 16.5. The number of hydrogen-bond acceptors (Lipinski definition) is 4. The second kappa shape index (κ2) is 10.9. The third-order valence-corrected chi connectivity index (χ3v) is 5.53. The van der Waals surface area contributed by atoms with E-state index in [1.807, 2.05) is 60.8 Å². The first-order valence-corrected chi connectivity index (χ1v) is 11.4. The molecule has 0 saturated heterocycles. The van der Waals surface area contributed by atoms with E-state index in [2.05, 4.69) is 31.8 Å². The number of nitrogens with zero attached hydrogens (tertiary/aromatic N) is 3. The lowest BCUT2D eigenvalue weighted by Gasteiger charge is -2.04. The van der Waals surface area contributed by atoms with Crippen LogP contribution in [0.2, 0.25) is 5.02 Å². The second-order valence-corrected chi connectivity index (χ2v) is 8.56. The number of aromatic nitrogens is 2. The molecule has 0 bridgehead atoms. The lowest BCUT2D eigenvalue weighted by Crippen LogP contribution is -2.34. The number of hydrazone groups is 1. The predicted octanol–water partition coefficient (Wildman–Crippen LogP) is 4.84. The molecular weight excluding hydrogens is 518 g/mol. The first-order valence-electron chi connectivity index (χ1n) is 10.3. The average molecular weight is 537 g/mol. The number of amides is 2. The Bertz CT molecular complexity index is 1340. The first kappa shape index (κ1) is 23.4. The van der Waals surface area contributed by atoms with Gasteiger partial charge in [-0.05, 0) is 42.5 Å². The van der Waals surface area contributed by atoms with Gasteiger partial charge < -0.3 is 5.32 Å². The van der Waals surface area contributed by atoms with Crippen molar-refractivity contribution in [1.29, 1.82) is 0 Å². The van der Waals surface area contributed by atoms with E-state index < -0.39 is 11.8 Å². The molecular formula is C25H19BrClN5O2. The Morgan fingerprint density at radius 3 is 2.53 bits per heavy atom. The van der Waals surface area contributed by atoms with Crippen molar-refractivity contribution in [3.63, 3.8) is 0 Å². The summed E-state index contributed by atoms with van der Waals surface area (Å²) in [7, 11) is 0. The molecule has 9 heteroatoms. The second-order valence-electron chi connectivity index (χ2n) is 7.21. The van der Waals surface area contributed by atoms with Gasteiger partial charge in [0.15, 0.2) is 0 Å². The molecule has 3 aromatic carbocycles. The van der Waals surface area contributed by atoms with Crippen LogP contribution in [0.25, 0.3) is 16.9 Å². The molecule has 34 heavy (non-hydrogen) atoms. The summed E-state index contributed by atoms with van der Waals surface area (Å²) in [5.41, 5.74) is 6.03. The van der Waals surface area contributed by atoms with Gasteiger partial charge in [0.2, 0.25) is 0 Å². The Hall–Kier alpha value is -3.75. The zero-order chi connectivity index (χ0) is 23.9. The SMILES string of the molecule is O=C(CNC(=O)c1cccc(Cl)c1)N/N=C\c1cn(-c2ccccc2)nc1-c1ccc(Br)cc1. The highest BCUT2D eigenvalue weighted by Gasteiger charge is 2.12. The van der Waals surface area contributed by atoms with Gasteiger partial charge in [-0.1, -0.05) is 63.9 Å². The van der Waals surface area contributed by atoms with Crippen molar-refractivity contribution in [2.45, 2.75) is 0 Å². The summed E-state index contributed by atoms with van der Waals surface area (Å²) < 4.78 is 2.72. The molecule has 1 heterocycles. The highest BCUT2D eigenvalue weighted by Crippen LogP contribution is 2.24. The van der Waals surface area contributed by atoms with E-state index in [-0.39, 0.29) is 6.54 Å². The lowest BCUT2D eigenvalue weighted by atomic mass is 10.1. The number of benzene rings is 3. The minimum Gasteiger partial charge on any atom is -0.343 e. The number of nitrogens with one attached hydrogen (secondary N) is 2. The Morgan fingerprint density at radius 2 is 1.79 bits per heavy atom. The van der Waals surface area contributed by atoms with Gasteiger partial charge in [-0.3, -0.25) is 9.59 Å². The summed E-state index contributed by atoms with van der Waals surface area (Å²) in [6.07, 6.45) is 3.36. The van der Waals surface area contributed by atoms with Crippen LogP contribution in [0.5, 0.6) is 0 Å². The maximum atomic E-state index is 12.2. The molecule has 0 radical (unpaired) electrons. The maximum absolute atomic E-state index is 12.2. The normalized spacial score (nSPS) is 10.9. The number of carbonyl (C=O) groups excluding carboxylic acids is 2. The van der Waals surface area contributed by atoms with Gasteiger partial charge >= 0.3 is 0 Å². The molecule has 4 rings (SSSR count). The summed E-state index contributed by atoms with van der Waals surface area (Å²) in [4.78, 5) is 24.3. The van der Waals surface area contributed by atoms with Gasteiger partial charge in [0, 0.05) is 32.4 Å². The van der Waals surface area contributed by atoms with Crippen LogP contribution in [0.15, 0.2) is 94.6 Å². The molecule has 0 unspecified atom stereocenters. The molecule has 0 fully saturated rings. The molecule has 7 nitrogen and oxygen atoms in total. The van der Waals surface area contributed by atoms with E-state index in [0.29, 0.717) is 16.3 Å². The highest BCUT2D eigenvalue weighted by molar-refractivity contribution is 9.10. The molecule has 170 valence electrons. The average Bonchev–Trinajstić information content (AvgIpc) is 3.27. The largest absolute Gasteiger partial charge is 0.343 e. The molecule has 0 atom stereocenters. The fourth-order valence-corrected chi connectivity index (χ4v) is 3.59. The molecule has 0 spiro atoms. The fraction of sp³-hybridized carbons (Fsp3) is 0.0400. The predicted molar refractivity (Wildman–Crippen MR) is 136 cm³/mol. The van der Waals surface area contributed by atoms with Gasteiger partial charge in [-0.2, -0.15) is 10.2 Å². The summed E-state index contributed by atoms with van der Waals surface area (Å²) in [6, 6.07) is 23.9. The summed E-state index contributed by atoms with van der Waals surface area (Å²) >= 11 is 9.34. The Kier molecular flexibility index (Phi) is 7.51. The van der Waals surface area contributed by atoms with Gasteiger partial charge in [-0.15, -0.1) is 0 Å². The topological polar surface area (TPSA) is 88.4 Å². The van der Waals surface area contributed by atoms with Crippen LogP contribution >= 0.6 is 27.5 Å². The number of rotatable bonds is 7. The van der Waals surface area contributed by atoms with Crippen LogP contribution in [-0.2, 0) is 4.79 Å². The van der Waals surface area contributed by atoms with Crippen LogP contribution in [-0.4, -0.2) is 34.4 Å². The number of carbonyl (C=O) groups is 2. The Balaban J connectivity index is 1.46. The summed E-state index contributed by atoms with van der Waals surface area (Å²) in [5, 5.41) is 11.7. The molecule has 2 amide bonds. The number of hydrogen-bond donors (Lipinski definition) is 2. The summed E-state index contributed by atoms with van der Waals surface area (Å²) in [6.45, 7) is -0.231. The van der Waals surface area contributed by atoms with Crippen LogP contribution < -0.4 is 10.7 Å². The Morgan fingerprint density at radius 1 is 1.03 bits per heavy atom. The molecule has 0 aliphatic carbocycles. The van der Waals surface area contributed by atoms with Gasteiger partial charge in [0.05, 0.1) is 18.4 Å². The quantitative estimate of drug-likeness (QED) is 0.262. The number of halogens is 2. The highest BCUT2D eigenvalue weighted by atomic mass is 79.9. The van der Waals surface area contributed by atoms with E-state index in [4.69, 9.17) is 16.7 Å². The monoisotopic (exact) mass is 535 g/mol. The minimum atomic E-state index is -0.465. The molecule has 0 aliphatic heterocycles. The van der Waals surface area contributed by atoms with Crippen molar-refractivity contribution in [3.8, 4) is 16.9 Å². The third kappa shape index (κ3) is 5.98. The number of para-hydroxylation sites is 1. The van der Waals surface area contributed by atoms with Crippen molar-refractivity contribution in [1.82, 2.24) is 20.5 Å². The van der Waals surface area contributed by atoms with Gasteiger partial charge in [0.1, 0.15) is 5.69 Å². The molecule has 0 aliphatic rings. The molecule has 2 N–H and O–H groups in total. The summed E-state index contributed by atoms with van der Waals surface area (Å²) in [5.74, 6) is -0.865. The van der Waals surface area contributed by atoms with Crippen LogP contribution in [0, 0.1) is 0 Å². The fourth-order valence-electron chi connectivity index (χ4n) is 3.13. The Labute approximate surface area is 209 Å². The van der Waals surface area contributed by atoms with E-state index in [1.54, 1.807) is 22.9 Å². The molecule has 1 aromatic heterocycles. The maximum Gasteiger partial charge on any atom is 0.259 e. The van der Waals surface area contributed by atoms with E-state index >= 15 is 0 Å². The zero-order valence-electron chi connectivity index (χ0n) is 17.8. The van der Waals surface area contributed by atoms with Crippen molar-refractivity contribution in [3.05, 3.63) is 106 Å². The standard InChI is InChI=1S/C25H19BrClN5O2/c26-20-11-9-17(10-12-20)24-19(16-32(31-24)22-7-2-1-3-8-22)14-29-30-23(33)15-28-25(34)18-5-4-6-21(27)13-18/h1-14,16H,15H2,(H,28,34)(H,30,33)/b29-14-. The third-order valence-electron chi connectivity index (χ3n) is 4.77. The van der Waals surface area contributed by atoms with Crippen LogP contribution in [0.1, 0.15) is 15.9 Å². The lowest BCUT2D eigenvalue weighted by molar-refractivity contribution is -0.120. The van der Waals surface area contributed by atoms with Gasteiger partial charge in [0.25, 0.3) is 11.8 Å².